The molecule has 1 unspecified atom stereocenters. The van der Waals surface area contributed by atoms with Crippen molar-refractivity contribution in [2.24, 2.45) is 5.41 Å². The fraction of sp³-hybridized carbons (Fsp3) is 0.360. The number of hydrogen-bond donors (Lipinski definition) is 3. The van der Waals surface area contributed by atoms with Gasteiger partial charge in [-0.1, -0.05) is 36.4 Å². The quantitative estimate of drug-likeness (QED) is 0.257. The topological polar surface area (TPSA) is 188 Å². The molecule has 0 bridgehead atoms. The number of aliphatic hydroxyl groups excluding tert-OH is 1. The molecule has 1 saturated heterocycles. The zero-order valence-electron chi connectivity index (χ0n) is 21.4. The Bertz CT molecular complexity index is 1520. The van der Waals surface area contributed by atoms with Crippen molar-refractivity contribution < 1.29 is 33.0 Å². The molecule has 0 aliphatic carbocycles. The van der Waals surface area contributed by atoms with Gasteiger partial charge in [0.2, 0.25) is 0 Å². The number of ether oxygens (including phenoxy) is 2. The van der Waals surface area contributed by atoms with Gasteiger partial charge in [-0.2, -0.15) is 15.3 Å². The molecule has 2 aromatic carbocycles. The third kappa shape index (κ3) is 5.66. The molecule has 2 heterocycles. The van der Waals surface area contributed by atoms with E-state index in [0.717, 1.165) is 9.95 Å². The Morgan fingerprint density at radius 3 is 2.74 bits per heavy atom. The average Bonchev–Trinajstić information content (AvgIpc) is 3.17. The van der Waals surface area contributed by atoms with Crippen LogP contribution in [0.3, 0.4) is 0 Å². The fourth-order valence-corrected chi connectivity index (χ4v) is 5.78. The van der Waals surface area contributed by atoms with E-state index in [-0.39, 0.29) is 11.6 Å². The zero-order chi connectivity index (χ0) is 28.4. The van der Waals surface area contributed by atoms with Gasteiger partial charge in [-0.25, -0.2) is 9.36 Å². The molecule has 206 valence electrons. The van der Waals surface area contributed by atoms with Gasteiger partial charge in [0.1, 0.15) is 35.2 Å². The summed E-state index contributed by atoms with van der Waals surface area (Å²) in [5, 5.41) is 24.9. The van der Waals surface area contributed by atoms with Crippen molar-refractivity contribution in [2.75, 3.05) is 19.5 Å². The van der Waals surface area contributed by atoms with E-state index < -0.39 is 55.9 Å². The number of benzene rings is 2. The number of aromatic nitrogens is 2. The molecule has 1 aliphatic heterocycles. The van der Waals surface area contributed by atoms with Crippen LogP contribution in [0.5, 0.6) is 5.75 Å². The standard InChI is InChI=1S/C25H28N5O8P/c1-15(22(32)35-3)29-39(34,38-18-10-6-8-16-7-4-5-9-17(16)18)36-13-19-21(31)25(2,14-26)23(37-19)30-12-11-20(27)28-24(30)33/h4-12,15,19,21,23,31H,13H2,1-3H3,(H,29,34)(H2,27,28,33)/t15-,19+,21+,23+,25+,39?/m0/s1. The van der Waals surface area contributed by atoms with Gasteiger partial charge in [-0.05, 0) is 31.4 Å². The normalized spacial score (nSPS) is 24.9. The van der Waals surface area contributed by atoms with Crippen LogP contribution in [-0.2, 0) is 23.4 Å². The number of nitriles is 1. The number of rotatable bonds is 9. The Kier molecular flexibility index (Phi) is 8.06. The molecule has 1 aromatic heterocycles. The first-order valence-electron chi connectivity index (χ1n) is 11.9. The molecule has 1 fully saturated rings. The van der Waals surface area contributed by atoms with Crippen molar-refractivity contribution in [3.05, 3.63) is 65.2 Å². The summed E-state index contributed by atoms with van der Waals surface area (Å²) in [5.74, 6) is -0.524. The molecular formula is C25H28N5O8P. The van der Waals surface area contributed by atoms with Gasteiger partial charge >= 0.3 is 19.4 Å². The van der Waals surface area contributed by atoms with Gasteiger partial charge in [0.05, 0.1) is 19.8 Å². The smallest absolute Gasteiger partial charge is 0.459 e. The maximum absolute atomic E-state index is 13.9. The summed E-state index contributed by atoms with van der Waals surface area (Å²) in [5.41, 5.74) is 3.17. The van der Waals surface area contributed by atoms with Crippen LogP contribution in [0.2, 0.25) is 0 Å². The molecule has 1 aliphatic rings. The molecule has 13 nitrogen and oxygen atoms in total. The third-order valence-corrected chi connectivity index (χ3v) is 8.04. The predicted octanol–water partition coefficient (Wildman–Crippen LogP) is 2.12. The maximum Gasteiger partial charge on any atom is 0.459 e. The maximum atomic E-state index is 13.9. The van der Waals surface area contributed by atoms with Crippen molar-refractivity contribution in [1.29, 1.82) is 5.26 Å². The lowest BCUT2D eigenvalue weighted by molar-refractivity contribution is -0.142. The number of anilines is 1. The summed E-state index contributed by atoms with van der Waals surface area (Å²) in [4.78, 5) is 28.2. The molecule has 0 radical (unpaired) electrons. The molecule has 0 saturated carbocycles. The minimum absolute atomic E-state index is 0.0225. The number of esters is 1. The molecule has 4 rings (SSSR count). The summed E-state index contributed by atoms with van der Waals surface area (Å²) >= 11 is 0. The Morgan fingerprint density at radius 1 is 1.33 bits per heavy atom. The average molecular weight is 558 g/mol. The van der Waals surface area contributed by atoms with Crippen molar-refractivity contribution >= 4 is 30.3 Å². The number of fused-ring (bicyclic) bond motifs is 1. The van der Waals surface area contributed by atoms with Gasteiger partial charge in [-0.15, -0.1) is 0 Å². The number of nitrogens with zero attached hydrogens (tertiary/aromatic N) is 3. The highest BCUT2D eigenvalue weighted by atomic mass is 31.2. The van der Waals surface area contributed by atoms with E-state index >= 15 is 0 Å². The molecule has 6 atom stereocenters. The Balaban J connectivity index is 1.62. The number of hydrogen-bond acceptors (Lipinski definition) is 11. The van der Waals surface area contributed by atoms with Gasteiger partial charge in [0, 0.05) is 11.6 Å². The van der Waals surface area contributed by atoms with Crippen molar-refractivity contribution in [2.45, 2.75) is 38.3 Å². The SMILES string of the molecule is COC(=O)[C@H](C)NP(=O)(OC[C@H]1O[C@@H](n2ccc(N)nc2=O)[C@](C)(C#N)[C@@H]1O)Oc1cccc2ccccc12. The van der Waals surface area contributed by atoms with Crippen LogP contribution in [0.1, 0.15) is 20.1 Å². The number of nitrogen functional groups attached to an aromatic ring is 1. The molecule has 14 heteroatoms. The second kappa shape index (κ2) is 11.1. The van der Waals surface area contributed by atoms with E-state index in [9.17, 15) is 24.5 Å². The molecule has 4 N–H and O–H groups in total. The third-order valence-electron chi connectivity index (χ3n) is 6.41. The number of methoxy groups -OCH3 is 1. The lowest BCUT2D eigenvalue weighted by Gasteiger charge is -2.26. The summed E-state index contributed by atoms with van der Waals surface area (Å²) in [6.07, 6.45) is -2.65. The summed E-state index contributed by atoms with van der Waals surface area (Å²) in [6, 6.07) is 14.6. The van der Waals surface area contributed by atoms with E-state index in [2.05, 4.69) is 10.1 Å². The number of carbonyl (C=O) groups excluding carboxylic acids is 1. The van der Waals surface area contributed by atoms with E-state index in [1.165, 1.54) is 33.2 Å². The van der Waals surface area contributed by atoms with Crippen LogP contribution in [-0.4, -0.2) is 52.6 Å². The van der Waals surface area contributed by atoms with Crippen molar-refractivity contribution in [3.63, 3.8) is 0 Å². The van der Waals surface area contributed by atoms with Crippen LogP contribution in [0, 0.1) is 16.7 Å². The van der Waals surface area contributed by atoms with E-state index in [1.807, 2.05) is 24.3 Å². The van der Waals surface area contributed by atoms with E-state index in [0.29, 0.717) is 5.39 Å². The highest BCUT2D eigenvalue weighted by Gasteiger charge is 2.55. The zero-order valence-corrected chi connectivity index (χ0v) is 22.3. The first-order valence-corrected chi connectivity index (χ1v) is 13.4. The Labute approximate surface area is 223 Å². The molecule has 3 aromatic rings. The minimum atomic E-state index is -4.33. The van der Waals surface area contributed by atoms with E-state index in [4.69, 9.17) is 24.3 Å². The lowest BCUT2D eigenvalue weighted by Crippen LogP contribution is -2.40. The molecular weight excluding hydrogens is 529 g/mol. The largest absolute Gasteiger partial charge is 0.468 e. The van der Waals surface area contributed by atoms with Gasteiger partial charge in [-0.3, -0.25) is 13.9 Å². The molecule has 39 heavy (non-hydrogen) atoms. The number of aliphatic hydroxyl groups is 1. The summed E-state index contributed by atoms with van der Waals surface area (Å²) in [6.45, 7) is 2.29. The van der Waals surface area contributed by atoms with Gasteiger partial charge in [0.15, 0.2) is 6.23 Å². The van der Waals surface area contributed by atoms with Gasteiger partial charge < -0.3 is 24.8 Å². The van der Waals surface area contributed by atoms with E-state index in [1.54, 1.807) is 24.3 Å². The second-order valence-electron chi connectivity index (χ2n) is 9.14. The van der Waals surface area contributed by atoms with Crippen molar-refractivity contribution in [3.8, 4) is 11.8 Å². The van der Waals surface area contributed by atoms with Crippen LogP contribution in [0.15, 0.2) is 59.5 Å². The van der Waals surface area contributed by atoms with Crippen LogP contribution in [0.4, 0.5) is 5.82 Å². The summed E-state index contributed by atoms with van der Waals surface area (Å²) < 4.78 is 37.1. The second-order valence-corrected chi connectivity index (χ2v) is 10.8. The van der Waals surface area contributed by atoms with Gasteiger partial charge in [0.25, 0.3) is 0 Å². The highest BCUT2D eigenvalue weighted by Crippen LogP contribution is 2.49. The minimum Gasteiger partial charge on any atom is -0.468 e. The Hall–Kier alpha value is -3.79. The van der Waals surface area contributed by atoms with Crippen LogP contribution in [0.25, 0.3) is 10.8 Å². The predicted molar refractivity (Wildman–Crippen MR) is 139 cm³/mol. The Morgan fingerprint density at radius 2 is 2.05 bits per heavy atom. The number of carbonyl (C=O) groups is 1. The highest BCUT2D eigenvalue weighted by molar-refractivity contribution is 7.52. The molecule has 0 amide bonds. The first-order chi connectivity index (χ1) is 18.5. The fourth-order valence-electron chi connectivity index (χ4n) is 4.26. The number of nitrogens with two attached hydrogens (primary N) is 1. The monoisotopic (exact) mass is 557 g/mol. The summed E-state index contributed by atoms with van der Waals surface area (Å²) in [7, 11) is -3.15. The van der Waals surface area contributed by atoms with Crippen LogP contribution >= 0.6 is 7.75 Å². The lowest BCUT2D eigenvalue weighted by atomic mass is 9.84. The number of nitrogens with one attached hydrogen (secondary N) is 1. The first kappa shape index (κ1) is 28.2. The van der Waals surface area contributed by atoms with Crippen molar-refractivity contribution in [1.82, 2.24) is 14.6 Å². The van der Waals surface area contributed by atoms with Crippen LogP contribution < -0.4 is 21.0 Å². The molecule has 0 spiro atoms.